The van der Waals surface area contributed by atoms with E-state index in [1.807, 2.05) is 29.2 Å². The lowest BCUT2D eigenvalue weighted by Crippen LogP contribution is -2.23. The maximum absolute atomic E-state index is 12.2. The molecule has 1 aromatic carbocycles. The minimum absolute atomic E-state index is 0.0639. The van der Waals surface area contributed by atoms with Crippen LogP contribution in [0.3, 0.4) is 0 Å². The fraction of sp³-hybridized carbons (Fsp3) is 0.231. The molecular formula is C13H11BrN2O2S. The molecule has 0 fully saturated rings. The number of carbonyl (C=O) groups is 1. The fourth-order valence-corrected chi connectivity index (χ4v) is 3.54. The Balaban J connectivity index is 1.75. The Bertz CT molecular complexity index is 624. The Kier molecular flexibility index (Phi) is 3.28. The molecule has 3 rings (SSSR count). The van der Waals surface area contributed by atoms with Gasteiger partial charge < -0.3 is 9.64 Å². The van der Waals surface area contributed by atoms with Crippen LogP contribution in [-0.4, -0.2) is 22.9 Å². The number of methoxy groups -OCH3 is 1. The predicted octanol–water partition coefficient (Wildman–Crippen LogP) is 3.07. The normalized spacial score (nSPS) is 13.8. The maximum atomic E-state index is 12.2. The number of nitrogens with zero attached hydrogens (tertiary/aromatic N) is 2. The molecule has 1 aliphatic heterocycles. The standard InChI is InChI=1S/C13H11BrN2O2S/c1-18-9-4-2-8(3-5-9)6-16-7-10-11(12(16)17)19-13(14)15-10/h2-5H,6-7H2,1H3. The first kappa shape index (κ1) is 12.6. The Morgan fingerprint density at radius 3 is 2.79 bits per heavy atom. The van der Waals surface area contributed by atoms with Crippen molar-refractivity contribution in [3.63, 3.8) is 0 Å². The van der Waals surface area contributed by atoms with E-state index in [1.165, 1.54) is 11.3 Å². The number of rotatable bonds is 3. The van der Waals surface area contributed by atoms with Gasteiger partial charge >= 0.3 is 0 Å². The third-order valence-corrected chi connectivity index (χ3v) is 4.56. The van der Waals surface area contributed by atoms with Gasteiger partial charge in [0.2, 0.25) is 0 Å². The minimum Gasteiger partial charge on any atom is -0.497 e. The van der Waals surface area contributed by atoms with E-state index in [4.69, 9.17) is 4.74 Å². The molecular weight excluding hydrogens is 328 g/mol. The van der Waals surface area contributed by atoms with Crippen molar-refractivity contribution >= 4 is 33.2 Å². The van der Waals surface area contributed by atoms with Crippen molar-refractivity contribution < 1.29 is 9.53 Å². The Labute approximate surface area is 123 Å². The van der Waals surface area contributed by atoms with Gasteiger partial charge in [-0.2, -0.15) is 0 Å². The average Bonchev–Trinajstić information content (AvgIpc) is 2.90. The zero-order valence-corrected chi connectivity index (χ0v) is 12.6. The molecule has 1 aromatic heterocycles. The second-order valence-electron chi connectivity index (χ2n) is 4.25. The van der Waals surface area contributed by atoms with Gasteiger partial charge in [0.15, 0.2) is 3.92 Å². The van der Waals surface area contributed by atoms with Crippen molar-refractivity contribution in [2.45, 2.75) is 13.1 Å². The molecule has 19 heavy (non-hydrogen) atoms. The number of fused-ring (bicyclic) bond motifs is 1. The summed E-state index contributed by atoms with van der Waals surface area (Å²) < 4.78 is 5.89. The third-order valence-electron chi connectivity index (χ3n) is 3.03. The molecule has 0 N–H and O–H groups in total. The summed E-state index contributed by atoms with van der Waals surface area (Å²) in [5.74, 6) is 0.884. The van der Waals surface area contributed by atoms with Crippen LogP contribution in [0.4, 0.5) is 0 Å². The molecule has 0 bridgehead atoms. The quantitative estimate of drug-likeness (QED) is 0.863. The van der Waals surface area contributed by atoms with Crippen molar-refractivity contribution in [1.29, 1.82) is 0 Å². The molecule has 1 amide bonds. The number of amides is 1. The van der Waals surface area contributed by atoms with Gasteiger partial charge in [-0.1, -0.05) is 12.1 Å². The first-order valence-corrected chi connectivity index (χ1v) is 7.35. The lowest BCUT2D eigenvalue weighted by atomic mass is 10.2. The first-order chi connectivity index (χ1) is 9.17. The van der Waals surface area contributed by atoms with Crippen molar-refractivity contribution in [3.8, 4) is 5.75 Å². The number of benzene rings is 1. The summed E-state index contributed by atoms with van der Waals surface area (Å²) in [4.78, 5) is 19.1. The van der Waals surface area contributed by atoms with E-state index in [9.17, 15) is 4.79 Å². The minimum atomic E-state index is 0.0639. The van der Waals surface area contributed by atoms with Crippen molar-refractivity contribution in [2.75, 3.05) is 7.11 Å². The van der Waals surface area contributed by atoms with Crippen LogP contribution in [0.25, 0.3) is 0 Å². The molecule has 0 saturated heterocycles. The highest BCUT2D eigenvalue weighted by atomic mass is 79.9. The zero-order valence-electron chi connectivity index (χ0n) is 10.2. The number of halogens is 1. The molecule has 0 saturated carbocycles. The first-order valence-electron chi connectivity index (χ1n) is 5.75. The number of hydrogen-bond acceptors (Lipinski definition) is 4. The number of hydrogen-bond donors (Lipinski definition) is 0. The van der Waals surface area contributed by atoms with Gasteiger partial charge in [-0.25, -0.2) is 4.98 Å². The predicted molar refractivity (Wildman–Crippen MR) is 76.4 cm³/mol. The van der Waals surface area contributed by atoms with Gasteiger partial charge in [-0.05, 0) is 33.6 Å². The summed E-state index contributed by atoms with van der Waals surface area (Å²) >= 11 is 4.71. The van der Waals surface area contributed by atoms with Crippen LogP contribution in [0.2, 0.25) is 0 Å². The van der Waals surface area contributed by atoms with E-state index in [1.54, 1.807) is 7.11 Å². The van der Waals surface area contributed by atoms with Crippen LogP contribution in [-0.2, 0) is 13.1 Å². The van der Waals surface area contributed by atoms with Crippen LogP contribution >= 0.6 is 27.3 Å². The van der Waals surface area contributed by atoms with Gasteiger partial charge in [0.1, 0.15) is 10.6 Å². The SMILES string of the molecule is COc1ccc(CN2Cc3nc(Br)sc3C2=O)cc1. The number of aromatic nitrogens is 1. The van der Waals surface area contributed by atoms with Crippen LogP contribution in [0.5, 0.6) is 5.75 Å². The summed E-state index contributed by atoms with van der Waals surface area (Å²) in [5.41, 5.74) is 1.96. The molecule has 4 nitrogen and oxygen atoms in total. The topological polar surface area (TPSA) is 42.4 Å². The van der Waals surface area contributed by atoms with Crippen LogP contribution in [0, 0.1) is 0 Å². The number of thiazole rings is 1. The van der Waals surface area contributed by atoms with E-state index in [0.29, 0.717) is 13.1 Å². The molecule has 0 radical (unpaired) electrons. The Morgan fingerprint density at radius 2 is 2.16 bits per heavy atom. The smallest absolute Gasteiger partial charge is 0.266 e. The lowest BCUT2D eigenvalue weighted by Gasteiger charge is -2.15. The van der Waals surface area contributed by atoms with E-state index in [2.05, 4.69) is 20.9 Å². The largest absolute Gasteiger partial charge is 0.497 e. The monoisotopic (exact) mass is 338 g/mol. The third kappa shape index (κ3) is 2.37. The second-order valence-corrected chi connectivity index (χ2v) is 6.53. The van der Waals surface area contributed by atoms with Gasteiger partial charge in [0.25, 0.3) is 5.91 Å². The van der Waals surface area contributed by atoms with Crippen LogP contribution in [0.15, 0.2) is 28.2 Å². The zero-order chi connectivity index (χ0) is 13.4. The van der Waals surface area contributed by atoms with E-state index >= 15 is 0 Å². The van der Waals surface area contributed by atoms with Gasteiger partial charge in [0, 0.05) is 6.54 Å². The summed E-state index contributed by atoms with van der Waals surface area (Å²) in [5, 5.41) is 0. The van der Waals surface area contributed by atoms with Crippen LogP contribution < -0.4 is 4.74 Å². The van der Waals surface area contributed by atoms with Crippen LogP contribution in [0.1, 0.15) is 20.9 Å². The van der Waals surface area contributed by atoms with Gasteiger partial charge in [0.05, 0.1) is 19.3 Å². The van der Waals surface area contributed by atoms with Crippen molar-refractivity contribution in [3.05, 3.63) is 44.3 Å². The molecule has 2 aromatic rings. The highest BCUT2D eigenvalue weighted by Gasteiger charge is 2.31. The molecule has 98 valence electrons. The maximum Gasteiger partial charge on any atom is 0.266 e. The van der Waals surface area contributed by atoms with Gasteiger partial charge in [-0.3, -0.25) is 4.79 Å². The molecule has 0 spiro atoms. The lowest BCUT2D eigenvalue weighted by molar-refractivity contribution is 0.0769. The summed E-state index contributed by atoms with van der Waals surface area (Å²) in [6.07, 6.45) is 0. The summed E-state index contributed by atoms with van der Waals surface area (Å²) in [6, 6.07) is 7.75. The van der Waals surface area contributed by atoms with E-state index < -0.39 is 0 Å². The number of carbonyl (C=O) groups excluding carboxylic acids is 1. The van der Waals surface area contributed by atoms with E-state index in [-0.39, 0.29) is 5.91 Å². The Hall–Kier alpha value is -1.40. The van der Waals surface area contributed by atoms with Gasteiger partial charge in [-0.15, -0.1) is 11.3 Å². The molecule has 0 atom stereocenters. The highest BCUT2D eigenvalue weighted by molar-refractivity contribution is 9.11. The molecule has 0 unspecified atom stereocenters. The average molecular weight is 339 g/mol. The number of ether oxygens (including phenoxy) is 1. The van der Waals surface area contributed by atoms with E-state index in [0.717, 1.165) is 25.8 Å². The Morgan fingerprint density at radius 1 is 1.42 bits per heavy atom. The van der Waals surface area contributed by atoms with Crippen molar-refractivity contribution in [2.24, 2.45) is 0 Å². The molecule has 6 heteroatoms. The second kappa shape index (κ2) is 4.94. The highest BCUT2D eigenvalue weighted by Crippen LogP contribution is 2.31. The fourth-order valence-electron chi connectivity index (χ4n) is 2.07. The summed E-state index contributed by atoms with van der Waals surface area (Å²) in [7, 11) is 1.64. The molecule has 2 heterocycles. The van der Waals surface area contributed by atoms with Crippen molar-refractivity contribution in [1.82, 2.24) is 9.88 Å². The molecule has 0 aliphatic carbocycles. The molecule has 1 aliphatic rings. The summed E-state index contributed by atoms with van der Waals surface area (Å²) in [6.45, 7) is 1.19.